The summed E-state index contributed by atoms with van der Waals surface area (Å²) in [7, 11) is 0. The van der Waals surface area contributed by atoms with Crippen LogP contribution in [-0.4, -0.2) is 17.0 Å². The molecule has 0 aliphatic rings. The van der Waals surface area contributed by atoms with Gasteiger partial charge in [-0.1, -0.05) is 19.1 Å². The molecule has 0 atom stereocenters. The van der Waals surface area contributed by atoms with Gasteiger partial charge in [-0.2, -0.15) is 13.2 Å². The van der Waals surface area contributed by atoms with Gasteiger partial charge in [0.25, 0.3) is 0 Å². The third kappa shape index (κ3) is 4.50. The van der Waals surface area contributed by atoms with E-state index in [-0.39, 0.29) is 35.0 Å². The van der Waals surface area contributed by atoms with Crippen molar-refractivity contribution in [1.29, 1.82) is 0 Å². The highest BCUT2D eigenvalue weighted by atomic mass is 19.4. The summed E-state index contributed by atoms with van der Waals surface area (Å²) in [6.45, 7) is 1.61. The van der Waals surface area contributed by atoms with Crippen LogP contribution in [0.1, 0.15) is 29.3 Å². The highest BCUT2D eigenvalue weighted by molar-refractivity contribution is 6.01. The van der Waals surface area contributed by atoms with Crippen molar-refractivity contribution in [3.8, 4) is 0 Å². The Hall–Kier alpha value is -3.03. The van der Waals surface area contributed by atoms with Crippen molar-refractivity contribution in [3.05, 3.63) is 53.6 Å². The number of amides is 1. The number of carboxylic acids is 1. The predicted molar refractivity (Wildman–Crippen MR) is 87.0 cm³/mol. The molecule has 0 spiro atoms. The second kappa shape index (κ2) is 7.25. The standard InChI is InChI=1S/C17H15F3N2O3/c1-2-15(23)22-13-8-7-10(9-11(13)16(24)25)21-14-6-4-3-5-12(14)17(18,19)20/h3-9,21H,2H2,1H3,(H,22,23)(H,24,25). The van der Waals surface area contributed by atoms with Gasteiger partial charge >= 0.3 is 12.1 Å². The van der Waals surface area contributed by atoms with Gasteiger partial charge in [-0.3, -0.25) is 4.79 Å². The Morgan fingerprint density at radius 3 is 2.36 bits per heavy atom. The molecule has 0 saturated heterocycles. The van der Waals surface area contributed by atoms with Gasteiger partial charge in [0.1, 0.15) is 0 Å². The molecule has 0 saturated carbocycles. The van der Waals surface area contributed by atoms with Crippen LogP contribution >= 0.6 is 0 Å². The second-order valence-electron chi connectivity index (χ2n) is 5.14. The fraction of sp³-hybridized carbons (Fsp3) is 0.176. The molecule has 2 aromatic rings. The summed E-state index contributed by atoms with van der Waals surface area (Å²) in [6.07, 6.45) is -4.38. The number of anilines is 3. The number of halogens is 3. The van der Waals surface area contributed by atoms with E-state index in [1.54, 1.807) is 6.92 Å². The number of alkyl halides is 3. The fourth-order valence-corrected chi connectivity index (χ4v) is 2.14. The number of carbonyl (C=O) groups is 2. The SMILES string of the molecule is CCC(=O)Nc1ccc(Nc2ccccc2C(F)(F)F)cc1C(=O)O. The molecule has 5 nitrogen and oxygen atoms in total. The number of para-hydroxylation sites is 1. The number of nitrogens with one attached hydrogen (secondary N) is 2. The average Bonchev–Trinajstić information content (AvgIpc) is 2.55. The van der Waals surface area contributed by atoms with Gasteiger partial charge in [-0.05, 0) is 30.3 Å². The van der Waals surface area contributed by atoms with E-state index < -0.39 is 17.7 Å². The van der Waals surface area contributed by atoms with Crippen molar-refractivity contribution in [2.75, 3.05) is 10.6 Å². The van der Waals surface area contributed by atoms with Crippen molar-refractivity contribution in [2.24, 2.45) is 0 Å². The van der Waals surface area contributed by atoms with E-state index in [1.165, 1.54) is 36.4 Å². The summed E-state index contributed by atoms with van der Waals surface area (Å²) in [6, 6.07) is 8.76. The van der Waals surface area contributed by atoms with E-state index in [9.17, 15) is 27.9 Å². The van der Waals surface area contributed by atoms with Gasteiger partial charge < -0.3 is 15.7 Å². The van der Waals surface area contributed by atoms with Gasteiger partial charge in [-0.15, -0.1) is 0 Å². The van der Waals surface area contributed by atoms with E-state index >= 15 is 0 Å². The maximum absolute atomic E-state index is 13.0. The Balaban J connectivity index is 2.38. The molecule has 25 heavy (non-hydrogen) atoms. The van der Waals surface area contributed by atoms with Crippen molar-refractivity contribution in [2.45, 2.75) is 19.5 Å². The zero-order valence-corrected chi connectivity index (χ0v) is 13.1. The Kier molecular flexibility index (Phi) is 5.31. The van der Waals surface area contributed by atoms with Gasteiger partial charge in [0.05, 0.1) is 22.5 Å². The lowest BCUT2D eigenvalue weighted by Crippen LogP contribution is -2.13. The summed E-state index contributed by atoms with van der Waals surface area (Å²) < 4.78 is 39.1. The van der Waals surface area contributed by atoms with Gasteiger partial charge in [0.15, 0.2) is 0 Å². The molecule has 132 valence electrons. The third-order valence-electron chi connectivity index (χ3n) is 3.36. The number of hydrogen-bond donors (Lipinski definition) is 3. The predicted octanol–water partition coefficient (Wildman–Crippen LogP) is 4.50. The summed E-state index contributed by atoms with van der Waals surface area (Å²) in [5, 5.41) is 14.3. The molecular formula is C17H15F3N2O3. The van der Waals surface area contributed by atoms with E-state index in [0.717, 1.165) is 6.07 Å². The van der Waals surface area contributed by atoms with Crippen molar-refractivity contribution >= 4 is 28.9 Å². The van der Waals surface area contributed by atoms with Crippen LogP contribution in [0.5, 0.6) is 0 Å². The van der Waals surface area contributed by atoms with Crippen LogP contribution in [0.2, 0.25) is 0 Å². The molecule has 2 aromatic carbocycles. The first-order valence-electron chi connectivity index (χ1n) is 7.32. The van der Waals surface area contributed by atoms with Crippen LogP contribution < -0.4 is 10.6 Å². The Morgan fingerprint density at radius 2 is 1.76 bits per heavy atom. The van der Waals surface area contributed by atoms with Crippen LogP contribution in [0.25, 0.3) is 0 Å². The average molecular weight is 352 g/mol. The lowest BCUT2D eigenvalue weighted by molar-refractivity contribution is -0.137. The Bertz CT molecular complexity index is 804. The monoisotopic (exact) mass is 352 g/mol. The topological polar surface area (TPSA) is 78.4 Å². The quantitative estimate of drug-likeness (QED) is 0.740. The summed E-state index contributed by atoms with van der Waals surface area (Å²) >= 11 is 0. The van der Waals surface area contributed by atoms with Gasteiger partial charge in [0.2, 0.25) is 5.91 Å². The third-order valence-corrected chi connectivity index (χ3v) is 3.36. The maximum atomic E-state index is 13.0. The summed E-state index contributed by atoms with van der Waals surface area (Å²) in [4.78, 5) is 22.8. The first-order valence-corrected chi connectivity index (χ1v) is 7.32. The number of rotatable bonds is 5. The van der Waals surface area contributed by atoms with Crippen LogP contribution in [0.15, 0.2) is 42.5 Å². The normalized spacial score (nSPS) is 11.0. The number of carbonyl (C=O) groups excluding carboxylic acids is 1. The van der Waals surface area contributed by atoms with Crippen molar-refractivity contribution < 1.29 is 27.9 Å². The smallest absolute Gasteiger partial charge is 0.418 e. The number of benzene rings is 2. The summed E-state index contributed by atoms with van der Waals surface area (Å²) in [5.41, 5.74) is -1.05. The van der Waals surface area contributed by atoms with E-state index in [0.29, 0.717) is 0 Å². The van der Waals surface area contributed by atoms with Gasteiger partial charge in [-0.25, -0.2) is 4.79 Å². The molecule has 2 rings (SSSR count). The molecule has 3 N–H and O–H groups in total. The molecule has 0 heterocycles. The minimum absolute atomic E-state index is 0.0778. The fourth-order valence-electron chi connectivity index (χ4n) is 2.14. The molecule has 0 radical (unpaired) electrons. The molecule has 0 unspecified atom stereocenters. The van der Waals surface area contributed by atoms with E-state index in [1.807, 2.05) is 0 Å². The highest BCUT2D eigenvalue weighted by Crippen LogP contribution is 2.36. The largest absolute Gasteiger partial charge is 0.478 e. The zero-order chi connectivity index (χ0) is 18.6. The van der Waals surface area contributed by atoms with Crippen LogP contribution in [-0.2, 0) is 11.0 Å². The minimum Gasteiger partial charge on any atom is -0.478 e. The zero-order valence-electron chi connectivity index (χ0n) is 13.1. The summed E-state index contributed by atoms with van der Waals surface area (Å²) in [5.74, 6) is -1.68. The number of carboxylic acid groups (broad SMARTS) is 1. The van der Waals surface area contributed by atoms with Crippen LogP contribution in [0, 0.1) is 0 Å². The lowest BCUT2D eigenvalue weighted by Gasteiger charge is -2.15. The van der Waals surface area contributed by atoms with E-state index in [2.05, 4.69) is 10.6 Å². The highest BCUT2D eigenvalue weighted by Gasteiger charge is 2.33. The number of hydrogen-bond acceptors (Lipinski definition) is 3. The molecule has 0 bridgehead atoms. The van der Waals surface area contributed by atoms with Crippen LogP contribution in [0.4, 0.5) is 30.2 Å². The molecule has 0 aliphatic heterocycles. The molecule has 0 aromatic heterocycles. The van der Waals surface area contributed by atoms with Crippen molar-refractivity contribution in [1.82, 2.24) is 0 Å². The minimum atomic E-state index is -4.55. The molecule has 0 fully saturated rings. The first-order chi connectivity index (χ1) is 11.7. The van der Waals surface area contributed by atoms with Crippen LogP contribution in [0.3, 0.4) is 0 Å². The molecule has 8 heteroatoms. The molecule has 1 amide bonds. The Labute approximate surface area is 141 Å². The van der Waals surface area contributed by atoms with Gasteiger partial charge in [0, 0.05) is 12.1 Å². The maximum Gasteiger partial charge on any atom is 0.418 e. The second-order valence-corrected chi connectivity index (χ2v) is 5.14. The number of aromatic carboxylic acids is 1. The Morgan fingerprint density at radius 1 is 1.08 bits per heavy atom. The molecule has 0 aliphatic carbocycles. The molecular weight excluding hydrogens is 337 g/mol. The first kappa shape index (κ1) is 18.3. The lowest BCUT2D eigenvalue weighted by atomic mass is 10.1. The van der Waals surface area contributed by atoms with E-state index in [4.69, 9.17) is 0 Å². The van der Waals surface area contributed by atoms with Crippen molar-refractivity contribution in [3.63, 3.8) is 0 Å².